The number of nitrogens with zero attached hydrogens (tertiary/aromatic N) is 2. The molecule has 1 rings (SSSR count). The molecule has 0 atom stereocenters. The Morgan fingerprint density at radius 1 is 1.22 bits per heavy atom. The van der Waals surface area contributed by atoms with Crippen molar-refractivity contribution in [2.24, 2.45) is 4.99 Å². The molecule has 0 amide bonds. The van der Waals surface area contributed by atoms with E-state index in [0.29, 0.717) is 25.5 Å². The summed E-state index contributed by atoms with van der Waals surface area (Å²) >= 11 is 0. The molecule has 1 aromatic rings. The molecule has 0 aromatic carbocycles. The van der Waals surface area contributed by atoms with Gasteiger partial charge in [-0.15, -0.1) is 24.0 Å². The molecule has 0 spiro atoms. The van der Waals surface area contributed by atoms with E-state index in [2.05, 4.69) is 20.4 Å². The number of hydrogen-bond acceptors (Lipinski definition) is 2. The number of nitrogens with one attached hydrogen (secondary N) is 2. The number of guanidine groups is 1. The molecule has 0 radical (unpaired) electrons. The van der Waals surface area contributed by atoms with Crippen LogP contribution >= 0.6 is 24.0 Å². The lowest BCUT2D eigenvalue weighted by molar-refractivity contribution is -0.173. The number of aliphatic imine (C=N–C) groups is 1. The van der Waals surface area contributed by atoms with E-state index in [4.69, 9.17) is 0 Å². The summed E-state index contributed by atoms with van der Waals surface area (Å²) in [6, 6.07) is 3.92. The first-order chi connectivity index (χ1) is 10.5. The number of rotatable bonds is 9. The smallest absolute Gasteiger partial charge is 0.372 e. The Bertz CT molecular complexity index is 424. The minimum Gasteiger partial charge on any atom is -0.372 e. The molecule has 0 aliphatic heterocycles. The van der Waals surface area contributed by atoms with Gasteiger partial charge in [0, 0.05) is 45.2 Å². The van der Waals surface area contributed by atoms with Crippen LogP contribution < -0.4 is 10.6 Å². The van der Waals surface area contributed by atoms with Crippen LogP contribution in [0.15, 0.2) is 29.5 Å². The Morgan fingerprint density at radius 2 is 1.91 bits per heavy atom. The molecule has 0 unspecified atom stereocenters. The topological polar surface area (TPSA) is 50.6 Å². The summed E-state index contributed by atoms with van der Waals surface area (Å²) in [4.78, 5) is 4.29. The Hall–Kier alpha value is -0.970. The van der Waals surface area contributed by atoms with Crippen molar-refractivity contribution in [3.8, 4) is 0 Å². The molecule has 0 bridgehead atoms. The van der Waals surface area contributed by atoms with Crippen LogP contribution in [-0.4, -0.2) is 49.6 Å². The van der Waals surface area contributed by atoms with Gasteiger partial charge in [-0.3, -0.25) is 4.99 Å². The predicted molar refractivity (Wildman–Crippen MR) is 95.3 cm³/mol. The molecular formula is C14H24F3IN4O. The van der Waals surface area contributed by atoms with Crippen LogP contribution in [0.2, 0.25) is 0 Å². The Kier molecular flexibility index (Phi) is 11.9. The van der Waals surface area contributed by atoms with E-state index in [1.807, 2.05) is 36.0 Å². The fourth-order valence-corrected chi connectivity index (χ4v) is 1.71. The molecule has 5 nitrogen and oxygen atoms in total. The summed E-state index contributed by atoms with van der Waals surface area (Å²) < 4.78 is 42.2. The van der Waals surface area contributed by atoms with Crippen molar-refractivity contribution in [1.82, 2.24) is 15.2 Å². The second kappa shape index (κ2) is 12.5. The molecule has 1 heterocycles. The highest BCUT2D eigenvalue weighted by atomic mass is 127. The Balaban J connectivity index is 0.00000484. The number of aromatic nitrogens is 1. The van der Waals surface area contributed by atoms with Crippen LogP contribution in [0, 0.1) is 0 Å². The van der Waals surface area contributed by atoms with Crippen molar-refractivity contribution >= 4 is 29.9 Å². The number of hydrogen-bond donors (Lipinski definition) is 2. The number of halogens is 4. The lowest BCUT2D eigenvalue weighted by Crippen LogP contribution is -2.38. The first kappa shape index (κ1) is 22.0. The second-order valence-electron chi connectivity index (χ2n) is 4.63. The second-order valence-corrected chi connectivity index (χ2v) is 4.63. The van der Waals surface area contributed by atoms with Gasteiger partial charge in [-0.1, -0.05) is 0 Å². The molecule has 1 aromatic heterocycles. The molecule has 0 saturated heterocycles. The largest absolute Gasteiger partial charge is 0.411 e. The number of alkyl halides is 3. The van der Waals surface area contributed by atoms with Crippen molar-refractivity contribution in [3.63, 3.8) is 0 Å². The standard InChI is InChI=1S/C14H23F3N4O.HI/c1-2-18-13(20-7-10-21-8-3-4-9-21)19-6-5-11-22-12-14(15,16)17;/h3-4,8-9H,2,5-7,10-12H2,1H3,(H2,18,19,20);1H. The third-order valence-electron chi connectivity index (χ3n) is 2.66. The monoisotopic (exact) mass is 448 g/mol. The van der Waals surface area contributed by atoms with Gasteiger partial charge >= 0.3 is 6.18 Å². The Labute approximate surface area is 151 Å². The van der Waals surface area contributed by atoms with Gasteiger partial charge in [0.25, 0.3) is 0 Å². The van der Waals surface area contributed by atoms with Crippen molar-refractivity contribution in [1.29, 1.82) is 0 Å². The van der Waals surface area contributed by atoms with Crippen LogP contribution in [0.3, 0.4) is 0 Å². The summed E-state index contributed by atoms with van der Waals surface area (Å²) in [7, 11) is 0. The van der Waals surface area contributed by atoms with E-state index < -0.39 is 12.8 Å². The first-order valence-electron chi connectivity index (χ1n) is 7.28. The molecular weight excluding hydrogens is 424 g/mol. The van der Waals surface area contributed by atoms with Crippen LogP contribution in [0.25, 0.3) is 0 Å². The molecule has 0 saturated carbocycles. The van der Waals surface area contributed by atoms with E-state index in [1.54, 1.807) is 0 Å². The summed E-state index contributed by atoms with van der Waals surface area (Å²) in [6.07, 6.45) is 0.135. The van der Waals surface area contributed by atoms with Crippen molar-refractivity contribution in [3.05, 3.63) is 24.5 Å². The molecule has 0 aliphatic rings. The van der Waals surface area contributed by atoms with E-state index >= 15 is 0 Å². The minimum absolute atomic E-state index is 0. The van der Waals surface area contributed by atoms with Gasteiger partial charge in [-0.05, 0) is 25.5 Å². The lowest BCUT2D eigenvalue weighted by Gasteiger charge is -2.12. The number of ether oxygens (including phenoxy) is 1. The minimum atomic E-state index is -4.27. The maximum absolute atomic E-state index is 11.9. The van der Waals surface area contributed by atoms with Gasteiger partial charge in [-0.2, -0.15) is 13.2 Å². The summed E-state index contributed by atoms with van der Waals surface area (Å²) in [5.41, 5.74) is 0. The molecule has 0 aliphatic carbocycles. The Morgan fingerprint density at radius 3 is 2.52 bits per heavy atom. The van der Waals surface area contributed by atoms with Gasteiger partial charge in [0.05, 0.1) is 0 Å². The van der Waals surface area contributed by atoms with Crippen molar-refractivity contribution in [2.45, 2.75) is 26.1 Å². The van der Waals surface area contributed by atoms with E-state index in [-0.39, 0.29) is 30.6 Å². The lowest BCUT2D eigenvalue weighted by atomic mass is 10.4. The van der Waals surface area contributed by atoms with Gasteiger partial charge in [0.2, 0.25) is 0 Å². The summed E-state index contributed by atoms with van der Waals surface area (Å²) in [5, 5.41) is 6.26. The normalized spacial score (nSPS) is 11.9. The maximum atomic E-state index is 11.9. The van der Waals surface area contributed by atoms with E-state index in [1.165, 1.54) is 0 Å². The third-order valence-corrected chi connectivity index (χ3v) is 2.66. The van der Waals surface area contributed by atoms with Crippen molar-refractivity contribution in [2.75, 3.05) is 32.8 Å². The van der Waals surface area contributed by atoms with Crippen LogP contribution in [0.5, 0.6) is 0 Å². The maximum Gasteiger partial charge on any atom is 0.411 e. The summed E-state index contributed by atoms with van der Waals surface area (Å²) in [5.74, 6) is 0.658. The highest BCUT2D eigenvalue weighted by Crippen LogP contribution is 2.14. The average molecular weight is 448 g/mol. The van der Waals surface area contributed by atoms with Gasteiger partial charge in [0.15, 0.2) is 5.96 Å². The molecule has 9 heteroatoms. The average Bonchev–Trinajstić information content (AvgIpc) is 2.94. The fraction of sp³-hybridized carbons (Fsp3) is 0.643. The highest BCUT2D eigenvalue weighted by molar-refractivity contribution is 14.0. The zero-order valence-corrected chi connectivity index (χ0v) is 15.4. The summed E-state index contributed by atoms with van der Waals surface area (Å²) in [6.45, 7) is 3.46. The molecule has 23 heavy (non-hydrogen) atoms. The van der Waals surface area contributed by atoms with E-state index in [0.717, 1.165) is 13.1 Å². The first-order valence-corrected chi connectivity index (χ1v) is 7.28. The van der Waals surface area contributed by atoms with E-state index in [9.17, 15) is 13.2 Å². The predicted octanol–water partition coefficient (Wildman–Crippen LogP) is 2.63. The molecule has 2 N–H and O–H groups in total. The van der Waals surface area contributed by atoms with Gasteiger partial charge < -0.3 is 19.9 Å². The SMILES string of the molecule is CCNC(=NCCCOCC(F)(F)F)NCCn1cccc1.I. The quantitative estimate of drug-likeness (QED) is 0.265. The molecule has 0 fully saturated rings. The van der Waals surface area contributed by atoms with Crippen LogP contribution in [0.1, 0.15) is 13.3 Å². The third kappa shape index (κ3) is 12.2. The molecule has 134 valence electrons. The van der Waals surface area contributed by atoms with Crippen LogP contribution in [-0.2, 0) is 11.3 Å². The zero-order chi connectivity index (χ0) is 16.3. The van der Waals surface area contributed by atoms with Crippen molar-refractivity contribution < 1.29 is 17.9 Å². The fourth-order valence-electron chi connectivity index (χ4n) is 1.71. The van der Waals surface area contributed by atoms with Gasteiger partial charge in [-0.25, -0.2) is 0 Å². The van der Waals surface area contributed by atoms with Gasteiger partial charge in [0.1, 0.15) is 6.61 Å². The highest BCUT2D eigenvalue weighted by Gasteiger charge is 2.27. The van der Waals surface area contributed by atoms with Crippen LogP contribution in [0.4, 0.5) is 13.2 Å². The zero-order valence-electron chi connectivity index (χ0n) is 13.1.